The Bertz CT molecular complexity index is 1000. The number of benzene rings is 3. The van der Waals surface area contributed by atoms with Crippen LogP contribution in [0.4, 0.5) is 0 Å². The van der Waals surface area contributed by atoms with E-state index in [-0.39, 0.29) is 0 Å². The predicted molar refractivity (Wildman–Crippen MR) is 100 cm³/mol. The first kappa shape index (κ1) is 15.0. The summed E-state index contributed by atoms with van der Waals surface area (Å²) in [5, 5.41) is 0.711. The fourth-order valence-electron chi connectivity index (χ4n) is 3.03. The second-order valence-corrected chi connectivity index (χ2v) is 6.45. The molecule has 0 aliphatic heterocycles. The quantitative estimate of drug-likeness (QED) is 0.469. The van der Waals surface area contributed by atoms with Gasteiger partial charge in [-0.3, -0.25) is 0 Å². The summed E-state index contributed by atoms with van der Waals surface area (Å²) in [6.07, 6.45) is 0. The number of aromatic nitrogens is 2. The zero-order valence-electron chi connectivity index (χ0n) is 13.4. The number of hydrogen-bond donors (Lipinski definition) is 0. The summed E-state index contributed by atoms with van der Waals surface area (Å²) in [6.45, 7) is 2.88. The Labute approximate surface area is 146 Å². The predicted octanol–water partition coefficient (Wildman–Crippen LogP) is 5.71. The monoisotopic (exact) mass is 332 g/mol. The second kappa shape index (κ2) is 6.14. The lowest BCUT2D eigenvalue weighted by atomic mass is 10.1. The maximum atomic E-state index is 6.16. The molecule has 0 aliphatic rings. The van der Waals surface area contributed by atoms with Crippen LogP contribution in [0, 0.1) is 6.92 Å². The van der Waals surface area contributed by atoms with Crippen LogP contribution in [0.15, 0.2) is 72.8 Å². The van der Waals surface area contributed by atoms with Gasteiger partial charge in [0.25, 0.3) is 0 Å². The van der Waals surface area contributed by atoms with E-state index in [0.29, 0.717) is 5.02 Å². The van der Waals surface area contributed by atoms with Crippen molar-refractivity contribution in [1.82, 2.24) is 9.55 Å². The molecule has 24 heavy (non-hydrogen) atoms. The third-order valence-electron chi connectivity index (χ3n) is 4.17. The standard InChI is InChI=1S/C21H17ClN2/c1-15-6-5-9-17(12-15)21-23-19-13-18(22)10-11-20(19)24(21)14-16-7-3-2-4-8-16/h2-13H,14H2,1H3. The minimum Gasteiger partial charge on any atom is -0.319 e. The second-order valence-electron chi connectivity index (χ2n) is 6.01. The van der Waals surface area contributed by atoms with Crippen molar-refractivity contribution in [2.45, 2.75) is 13.5 Å². The van der Waals surface area contributed by atoms with Gasteiger partial charge in [-0.1, -0.05) is 65.7 Å². The van der Waals surface area contributed by atoms with Crippen molar-refractivity contribution in [3.63, 3.8) is 0 Å². The Morgan fingerprint density at radius 3 is 2.54 bits per heavy atom. The van der Waals surface area contributed by atoms with Crippen molar-refractivity contribution in [1.29, 1.82) is 0 Å². The average Bonchev–Trinajstić information content (AvgIpc) is 2.93. The van der Waals surface area contributed by atoms with Gasteiger partial charge in [0.05, 0.1) is 11.0 Å². The molecule has 0 radical (unpaired) electrons. The van der Waals surface area contributed by atoms with Gasteiger partial charge in [-0.05, 0) is 36.8 Å². The van der Waals surface area contributed by atoms with Crippen molar-refractivity contribution in [3.05, 3.63) is 88.9 Å². The molecule has 1 aromatic heterocycles. The average molecular weight is 333 g/mol. The third-order valence-corrected chi connectivity index (χ3v) is 4.41. The Morgan fingerprint density at radius 2 is 1.75 bits per heavy atom. The highest BCUT2D eigenvalue weighted by Gasteiger charge is 2.13. The van der Waals surface area contributed by atoms with Crippen LogP contribution < -0.4 is 0 Å². The van der Waals surface area contributed by atoms with Crippen molar-refractivity contribution in [3.8, 4) is 11.4 Å². The van der Waals surface area contributed by atoms with Gasteiger partial charge in [-0.15, -0.1) is 0 Å². The lowest BCUT2D eigenvalue weighted by Crippen LogP contribution is -2.02. The maximum Gasteiger partial charge on any atom is 0.141 e. The van der Waals surface area contributed by atoms with Crippen molar-refractivity contribution >= 4 is 22.6 Å². The summed E-state index contributed by atoms with van der Waals surface area (Å²) in [7, 11) is 0. The van der Waals surface area contributed by atoms with Gasteiger partial charge in [-0.2, -0.15) is 0 Å². The molecular weight excluding hydrogens is 316 g/mol. The molecule has 4 rings (SSSR count). The number of halogens is 1. The topological polar surface area (TPSA) is 17.8 Å². The first-order valence-corrected chi connectivity index (χ1v) is 8.35. The maximum absolute atomic E-state index is 6.16. The summed E-state index contributed by atoms with van der Waals surface area (Å²) < 4.78 is 2.26. The smallest absolute Gasteiger partial charge is 0.141 e. The first-order chi connectivity index (χ1) is 11.7. The van der Waals surface area contributed by atoms with Gasteiger partial charge in [0.2, 0.25) is 0 Å². The molecule has 0 saturated carbocycles. The highest BCUT2D eigenvalue weighted by Crippen LogP contribution is 2.28. The van der Waals surface area contributed by atoms with Crippen LogP contribution in [0.5, 0.6) is 0 Å². The van der Waals surface area contributed by atoms with Gasteiger partial charge >= 0.3 is 0 Å². The Balaban J connectivity index is 1.93. The molecule has 0 atom stereocenters. The highest BCUT2D eigenvalue weighted by atomic mass is 35.5. The molecule has 0 saturated heterocycles. The highest BCUT2D eigenvalue weighted by molar-refractivity contribution is 6.31. The summed E-state index contributed by atoms with van der Waals surface area (Å²) in [5.74, 6) is 0.972. The van der Waals surface area contributed by atoms with E-state index in [1.807, 2.05) is 24.3 Å². The van der Waals surface area contributed by atoms with Crippen LogP contribution in [-0.4, -0.2) is 9.55 Å². The Kier molecular flexibility index (Phi) is 3.83. The van der Waals surface area contributed by atoms with Crippen LogP contribution in [0.3, 0.4) is 0 Å². The van der Waals surface area contributed by atoms with E-state index in [9.17, 15) is 0 Å². The Hall–Kier alpha value is -2.58. The van der Waals surface area contributed by atoms with Crippen LogP contribution in [0.2, 0.25) is 5.02 Å². The molecule has 0 N–H and O–H groups in total. The molecule has 3 aromatic carbocycles. The SMILES string of the molecule is Cc1cccc(-c2nc3cc(Cl)ccc3n2Cc2ccccc2)c1. The molecule has 0 aliphatic carbocycles. The summed E-state index contributed by atoms with van der Waals surface area (Å²) >= 11 is 6.16. The first-order valence-electron chi connectivity index (χ1n) is 7.97. The minimum atomic E-state index is 0.711. The van der Waals surface area contributed by atoms with Crippen LogP contribution in [0.1, 0.15) is 11.1 Å². The van der Waals surface area contributed by atoms with Crippen LogP contribution in [-0.2, 0) is 6.54 Å². The molecular formula is C21H17ClN2. The van der Waals surface area contributed by atoms with Crippen molar-refractivity contribution in [2.75, 3.05) is 0 Å². The summed E-state index contributed by atoms with van der Waals surface area (Å²) in [6, 6.07) is 24.8. The van der Waals surface area contributed by atoms with Gasteiger partial charge in [0.15, 0.2) is 0 Å². The fourth-order valence-corrected chi connectivity index (χ4v) is 3.20. The normalized spacial score (nSPS) is 11.1. The number of imidazole rings is 1. The van der Waals surface area contributed by atoms with Gasteiger partial charge < -0.3 is 4.57 Å². The molecule has 118 valence electrons. The number of nitrogens with zero attached hydrogens (tertiary/aromatic N) is 2. The van der Waals surface area contributed by atoms with Crippen LogP contribution in [0.25, 0.3) is 22.4 Å². The number of fused-ring (bicyclic) bond motifs is 1. The van der Waals surface area contributed by atoms with Gasteiger partial charge in [-0.25, -0.2) is 4.98 Å². The van der Waals surface area contributed by atoms with E-state index in [0.717, 1.165) is 29.0 Å². The third kappa shape index (κ3) is 2.81. The molecule has 0 unspecified atom stereocenters. The lowest BCUT2D eigenvalue weighted by Gasteiger charge is -2.10. The van der Waals surface area contributed by atoms with E-state index in [1.165, 1.54) is 11.1 Å². The van der Waals surface area contributed by atoms with E-state index in [2.05, 4.69) is 60.0 Å². The molecule has 2 nitrogen and oxygen atoms in total. The molecule has 0 bridgehead atoms. The summed E-state index contributed by atoms with van der Waals surface area (Å²) in [5.41, 5.74) is 5.62. The van der Waals surface area contributed by atoms with E-state index < -0.39 is 0 Å². The molecule has 0 fully saturated rings. The van der Waals surface area contributed by atoms with Crippen LogP contribution >= 0.6 is 11.6 Å². The Morgan fingerprint density at radius 1 is 0.917 bits per heavy atom. The number of hydrogen-bond acceptors (Lipinski definition) is 1. The molecule has 0 amide bonds. The molecule has 4 aromatic rings. The molecule has 1 heterocycles. The lowest BCUT2D eigenvalue weighted by molar-refractivity contribution is 0.834. The van der Waals surface area contributed by atoms with E-state index in [4.69, 9.17) is 16.6 Å². The van der Waals surface area contributed by atoms with Gasteiger partial charge in [0, 0.05) is 17.1 Å². The van der Waals surface area contributed by atoms with Crippen molar-refractivity contribution in [2.24, 2.45) is 0 Å². The molecule has 0 spiro atoms. The summed E-state index contributed by atoms with van der Waals surface area (Å²) in [4.78, 5) is 4.86. The molecule has 3 heteroatoms. The minimum absolute atomic E-state index is 0.711. The number of rotatable bonds is 3. The zero-order valence-corrected chi connectivity index (χ0v) is 14.2. The largest absolute Gasteiger partial charge is 0.319 e. The fraction of sp³-hybridized carbons (Fsp3) is 0.0952. The number of aryl methyl sites for hydroxylation is 1. The van der Waals surface area contributed by atoms with Gasteiger partial charge in [0.1, 0.15) is 5.82 Å². The van der Waals surface area contributed by atoms with E-state index in [1.54, 1.807) is 0 Å². The zero-order chi connectivity index (χ0) is 16.5. The van der Waals surface area contributed by atoms with E-state index >= 15 is 0 Å². The van der Waals surface area contributed by atoms with Crippen molar-refractivity contribution < 1.29 is 0 Å².